The molecule has 2 aromatic rings. The fourth-order valence-electron chi connectivity index (χ4n) is 5.93. The first-order chi connectivity index (χ1) is 16.0. The highest BCUT2D eigenvalue weighted by atomic mass is 32.1. The van der Waals surface area contributed by atoms with Crippen LogP contribution < -0.4 is 10.7 Å². The zero-order valence-electron chi connectivity index (χ0n) is 19.3. The first-order valence-electron chi connectivity index (χ1n) is 12.5. The minimum absolute atomic E-state index is 0.169. The third-order valence-corrected chi connectivity index (χ3v) is 9.12. The normalized spacial score (nSPS) is 23.5. The summed E-state index contributed by atoms with van der Waals surface area (Å²) in [6.45, 7) is 5.12. The molecule has 0 bridgehead atoms. The molecule has 4 aliphatic rings. The van der Waals surface area contributed by atoms with Crippen LogP contribution in [0.2, 0.25) is 0 Å². The minimum atomic E-state index is -0.752. The molecule has 2 N–H and O–H groups in total. The molecular formula is C24H32N6O2S. The molecule has 2 aliphatic heterocycles. The quantitative estimate of drug-likeness (QED) is 0.660. The van der Waals surface area contributed by atoms with E-state index in [0.717, 1.165) is 73.6 Å². The van der Waals surface area contributed by atoms with Crippen LogP contribution in [0.25, 0.3) is 10.2 Å². The van der Waals surface area contributed by atoms with E-state index in [1.165, 1.54) is 28.3 Å². The molecular weight excluding hydrogens is 436 g/mol. The summed E-state index contributed by atoms with van der Waals surface area (Å²) in [7, 11) is 0. The number of fused-ring (bicyclic) bond motifs is 3. The predicted molar refractivity (Wildman–Crippen MR) is 128 cm³/mol. The Morgan fingerprint density at radius 3 is 2.67 bits per heavy atom. The second-order valence-electron chi connectivity index (χ2n) is 10.3. The summed E-state index contributed by atoms with van der Waals surface area (Å²) in [4.78, 5) is 40.8. The zero-order valence-corrected chi connectivity index (χ0v) is 20.1. The van der Waals surface area contributed by atoms with Crippen molar-refractivity contribution in [3.8, 4) is 0 Å². The van der Waals surface area contributed by atoms with Crippen LogP contribution in [0.1, 0.15) is 74.6 Å². The number of amides is 3. The van der Waals surface area contributed by atoms with Gasteiger partial charge >= 0.3 is 6.03 Å². The number of nitrogens with zero attached hydrogens (tertiary/aromatic N) is 4. The van der Waals surface area contributed by atoms with Crippen LogP contribution in [0.3, 0.4) is 0 Å². The van der Waals surface area contributed by atoms with E-state index >= 15 is 0 Å². The number of thiophene rings is 1. The number of anilines is 1. The largest absolute Gasteiger partial charge is 0.344 e. The van der Waals surface area contributed by atoms with Gasteiger partial charge in [0, 0.05) is 4.88 Å². The third kappa shape index (κ3) is 3.69. The number of carbonyl (C=O) groups excluding carboxylic acids is 2. The molecule has 8 nitrogen and oxygen atoms in total. The Hall–Kier alpha value is -2.26. The van der Waals surface area contributed by atoms with E-state index in [1.54, 1.807) is 11.3 Å². The maximum Gasteiger partial charge on any atom is 0.344 e. The van der Waals surface area contributed by atoms with Crippen LogP contribution in [-0.2, 0) is 24.2 Å². The van der Waals surface area contributed by atoms with Crippen LogP contribution in [0.5, 0.6) is 0 Å². The summed E-state index contributed by atoms with van der Waals surface area (Å²) >= 11 is 1.74. The van der Waals surface area contributed by atoms with Crippen molar-refractivity contribution in [2.24, 2.45) is 5.92 Å². The first-order valence-corrected chi connectivity index (χ1v) is 13.3. The number of hydrogen-bond donors (Lipinski definition) is 2. The highest BCUT2D eigenvalue weighted by molar-refractivity contribution is 7.19. The maximum absolute atomic E-state index is 13.4. The molecule has 1 spiro atoms. The average molecular weight is 469 g/mol. The van der Waals surface area contributed by atoms with E-state index in [4.69, 9.17) is 9.97 Å². The molecule has 4 heterocycles. The molecule has 0 aromatic carbocycles. The van der Waals surface area contributed by atoms with Gasteiger partial charge in [0.1, 0.15) is 16.2 Å². The van der Waals surface area contributed by atoms with Crippen LogP contribution in [0.4, 0.5) is 10.6 Å². The van der Waals surface area contributed by atoms with Crippen molar-refractivity contribution in [1.82, 2.24) is 25.2 Å². The summed E-state index contributed by atoms with van der Waals surface area (Å²) in [5.74, 6) is 1.97. The second-order valence-corrected chi connectivity index (χ2v) is 11.4. The third-order valence-electron chi connectivity index (χ3n) is 7.94. The van der Waals surface area contributed by atoms with E-state index in [1.807, 2.05) is 0 Å². The van der Waals surface area contributed by atoms with Crippen molar-refractivity contribution in [1.29, 1.82) is 0 Å². The molecule has 33 heavy (non-hydrogen) atoms. The van der Waals surface area contributed by atoms with Crippen molar-refractivity contribution >= 4 is 39.3 Å². The highest BCUT2D eigenvalue weighted by Crippen LogP contribution is 2.40. The van der Waals surface area contributed by atoms with Crippen LogP contribution in [0.15, 0.2) is 0 Å². The monoisotopic (exact) mass is 468 g/mol. The summed E-state index contributed by atoms with van der Waals surface area (Å²) < 4.78 is 0. The Labute approximate surface area is 198 Å². The molecule has 2 aliphatic carbocycles. The predicted octanol–water partition coefficient (Wildman–Crippen LogP) is 3.99. The molecule has 176 valence electrons. The van der Waals surface area contributed by atoms with E-state index in [-0.39, 0.29) is 11.9 Å². The second kappa shape index (κ2) is 8.20. The Morgan fingerprint density at radius 1 is 1.09 bits per heavy atom. The molecule has 0 unspecified atom stereocenters. The summed E-state index contributed by atoms with van der Waals surface area (Å²) in [5.41, 5.74) is 3.70. The van der Waals surface area contributed by atoms with Gasteiger partial charge in [-0.05, 0) is 69.5 Å². The topological polar surface area (TPSA) is 90.5 Å². The number of carbonyl (C=O) groups is 2. The number of urea groups is 1. The smallest absolute Gasteiger partial charge is 0.322 e. The first kappa shape index (κ1) is 21.3. The molecule has 0 radical (unpaired) electrons. The van der Waals surface area contributed by atoms with Gasteiger partial charge in [-0.25, -0.2) is 14.8 Å². The number of likely N-dealkylation sites (tertiary alicyclic amines) is 1. The van der Waals surface area contributed by atoms with Gasteiger partial charge in [-0.2, -0.15) is 5.01 Å². The van der Waals surface area contributed by atoms with Crippen molar-refractivity contribution in [3.63, 3.8) is 0 Å². The van der Waals surface area contributed by atoms with E-state index in [0.29, 0.717) is 25.2 Å². The molecule has 9 heteroatoms. The molecule has 1 saturated carbocycles. The lowest BCUT2D eigenvalue weighted by molar-refractivity contribution is -0.131. The van der Waals surface area contributed by atoms with Gasteiger partial charge in [-0.1, -0.05) is 26.2 Å². The summed E-state index contributed by atoms with van der Waals surface area (Å²) in [5, 5.41) is 5.17. The molecule has 0 atom stereocenters. The van der Waals surface area contributed by atoms with Gasteiger partial charge in [-0.3, -0.25) is 15.1 Å². The Morgan fingerprint density at radius 2 is 1.88 bits per heavy atom. The van der Waals surface area contributed by atoms with Crippen molar-refractivity contribution < 1.29 is 9.59 Å². The standard InChI is InChI=1S/C24H32N6O2S/c1-15-8-12-29(13-9-15)14-18-25-20(19-16-6-5-7-17(16)33-21(19)26-18)28-30-22(31)24(27-23(30)32)10-3-2-4-11-24/h15H,2-14H2,1H3,(H,27,32)(H,25,26,28). The molecule has 3 fully saturated rings. The van der Waals surface area contributed by atoms with Crippen LogP contribution in [0, 0.1) is 5.92 Å². The van der Waals surface area contributed by atoms with Crippen molar-refractivity contribution in [3.05, 3.63) is 16.3 Å². The minimum Gasteiger partial charge on any atom is -0.322 e. The highest BCUT2D eigenvalue weighted by Gasteiger charge is 2.52. The van der Waals surface area contributed by atoms with Gasteiger partial charge in [0.05, 0.1) is 11.9 Å². The van der Waals surface area contributed by atoms with E-state index in [9.17, 15) is 9.59 Å². The lowest BCUT2D eigenvalue weighted by Crippen LogP contribution is -2.48. The van der Waals surface area contributed by atoms with Gasteiger partial charge in [0.25, 0.3) is 5.91 Å². The SMILES string of the molecule is CC1CCN(Cc2nc(NN3C(=O)NC4(CCCCC4)C3=O)c3c4c(sc3n2)CCC4)CC1. The van der Waals surface area contributed by atoms with Gasteiger partial charge < -0.3 is 5.32 Å². The Kier molecular flexibility index (Phi) is 5.29. The lowest BCUT2D eigenvalue weighted by Gasteiger charge is -2.30. The van der Waals surface area contributed by atoms with Gasteiger partial charge in [0.15, 0.2) is 5.82 Å². The van der Waals surface area contributed by atoms with Crippen LogP contribution in [-0.4, -0.2) is 50.4 Å². The van der Waals surface area contributed by atoms with Crippen molar-refractivity contribution in [2.45, 2.75) is 83.2 Å². The maximum atomic E-state index is 13.4. The fourth-order valence-corrected chi connectivity index (χ4v) is 7.21. The van der Waals surface area contributed by atoms with Gasteiger partial charge in [0.2, 0.25) is 0 Å². The average Bonchev–Trinajstić information content (AvgIpc) is 3.45. The zero-order chi connectivity index (χ0) is 22.6. The van der Waals surface area contributed by atoms with Crippen LogP contribution >= 0.6 is 11.3 Å². The van der Waals surface area contributed by atoms with Crippen molar-refractivity contribution in [2.75, 3.05) is 18.5 Å². The number of aromatic nitrogens is 2. The summed E-state index contributed by atoms with van der Waals surface area (Å²) in [6.07, 6.45) is 10.1. The lowest BCUT2D eigenvalue weighted by atomic mass is 9.82. The molecule has 2 saturated heterocycles. The van der Waals surface area contributed by atoms with Gasteiger partial charge in [-0.15, -0.1) is 11.3 Å². The Balaban J connectivity index is 1.33. The summed E-state index contributed by atoms with van der Waals surface area (Å²) in [6, 6.07) is -0.368. The fraction of sp³-hybridized carbons (Fsp3) is 0.667. The number of hydrogen-bond acceptors (Lipinski definition) is 7. The van der Waals surface area contributed by atoms with E-state index in [2.05, 4.69) is 22.6 Å². The molecule has 6 rings (SSSR count). The number of aryl methyl sites for hydroxylation is 2. The number of hydrazine groups is 1. The molecule has 3 amide bonds. The Bertz CT molecular complexity index is 1100. The number of piperidine rings is 1. The molecule has 2 aromatic heterocycles. The van der Waals surface area contributed by atoms with E-state index < -0.39 is 5.54 Å². The number of imide groups is 1. The number of nitrogens with one attached hydrogen (secondary N) is 2. The number of rotatable bonds is 4.